The smallest absolute Gasteiger partial charge is 0.321 e. The van der Waals surface area contributed by atoms with E-state index in [4.69, 9.17) is 9.47 Å². The highest BCUT2D eigenvalue weighted by Gasteiger charge is 2.32. The second-order valence-electron chi connectivity index (χ2n) is 7.03. The van der Waals surface area contributed by atoms with Crippen LogP contribution in [0.1, 0.15) is 12.0 Å². The van der Waals surface area contributed by atoms with E-state index in [1.807, 2.05) is 25.1 Å². The van der Waals surface area contributed by atoms with Gasteiger partial charge in [0, 0.05) is 24.7 Å². The van der Waals surface area contributed by atoms with Crippen LogP contribution in [0.2, 0.25) is 0 Å². The van der Waals surface area contributed by atoms with E-state index in [2.05, 4.69) is 15.6 Å². The van der Waals surface area contributed by atoms with Gasteiger partial charge in [0.15, 0.2) is 16.6 Å². The van der Waals surface area contributed by atoms with Crippen LogP contribution in [-0.2, 0) is 4.79 Å². The molecule has 1 aliphatic rings. The number of aromatic nitrogens is 1. The molecule has 1 aromatic heterocycles. The molecule has 1 aliphatic heterocycles. The molecule has 0 unspecified atom stereocenters. The van der Waals surface area contributed by atoms with Crippen LogP contribution in [0.4, 0.5) is 15.6 Å². The lowest BCUT2D eigenvalue weighted by Gasteiger charge is -2.19. The number of anilines is 2. The number of amides is 3. The average Bonchev–Trinajstić information content (AvgIpc) is 3.28. The van der Waals surface area contributed by atoms with E-state index in [-0.39, 0.29) is 24.4 Å². The molecule has 1 fully saturated rings. The van der Waals surface area contributed by atoms with Gasteiger partial charge in [-0.3, -0.25) is 10.1 Å². The summed E-state index contributed by atoms with van der Waals surface area (Å²) in [7, 11) is 3.11. The van der Waals surface area contributed by atoms with Crippen LogP contribution in [0.25, 0.3) is 10.2 Å². The topological polar surface area (TPSA) is 92.8 Å². The van der Waals surface area contributed by atoms with Crippen LogP contribution in [0, 0.1) is 6.92 Å². The van der Waals surface area contributed by atoms with E-state index >= 15 is 0 Å². The van der Waals surface area contributed by atoms with Crippen molar-refractivity contribution in [3.63, 3.8) is 0 Å². The Labute approximate surface area is 177 Å². The minimum atomic E-state index is -0.377. The van der Waals surface area contributed by atoms with Gasteiger partial charge in [-0.05, 0) is 36.8 Å². The molecular weight excluding hydrogens is 404 g/mol. The summed E-state index contributed by atoms with van der Waals surface area (Å²) in [5.41, 5.74) is 2.68. The summed E-state index contributed by atoms with van der Waals surface area (Å²) >= 11 is 1.42. The van der Waals surface area contributed by atoms with Crippen molar-refractivity contribution < 1.29 is 19.1 Å². The summed E-state index contributed by atoms with van der Waals surface area (Å²) < 4.78 is 11.6. The van der Waals surface area contributed by atoms with E-state index < -0.39 is 0 Å². The quantitative estimate of drug-likeness (QED) is 0.651. The van der Waals surface area contributed by atoms with Crippen LogP contribution in [0.15, 0.2) is 36.4 Å². The first-order chi connectivity index (χ1) is 14.5. The van der Waals surface area contributed by atoms with Crippen molar-refractivity contribution in [3.05, 3.63) is 42.0 Å². The third-order valence-corrected chi connectivity index (χ3v) is 5.84. The number of aryl methyl sites for hydroxylation is 1. The first-order valence-electron chi connectivity index (χ1n) is 9.44. The molecule has 2 aromatic carbocycles. The van der Waals surface area contributed by atoms with E-state index in [0.717, 1.165) is 15.8 Å². The Morgan fingerprint density at radius 2 is 1.97 bits per heavy atom. The SMILES string of the molecule is COc1ccc(N2C[C@@H](NC(=O)Nc3nc4ccc(C)cc4s3)CC2=O)cc1OC. The number of fused-ring (bicyclic) bond motifs is 1. The normalized spacial score (nSPS) is 16.0. The molecule has 2 heterocycles. The predicted octanol–water partition coefficient (Wildman–Crippen LogP) is 3.55. The molecule has 0 saturated carbocycles. The maximum atomic E-state index is 12.5. The number of urea groups is 1. The minimum absolute atomic E-state index is 0.0667. The fourth-order valence-electron chi connectivity index (χ4n) is 3.45. The molecule has 1 saturated heterocycles. The van der Waals surface area contributed by atoms with Crippen LogP contribution >= 0.6 is 11.3 Å². The van der Waals surface area contributed by atoms with E-state index in [9.17, 15) is 9.59 Å². The lowest BCUT2D eigenvalue weighted by molar-refractivity contribution is -0.117. The zero-order valence-corrected chi connectivity index (χ0v) is 17.7. The Morgan fingerprint density at radius 1 is 1.17 bits per heavy atom. The number of methoxy groups -OCH3 is 2. The second kappa shape index (κ2) is 8.19. The summed E-state index contributed by atoms with van der Waals surface area (Å²) in [6, 6.07) is 10.6. The number of benzene rings is 2. The number of nitrogens with one attached hydrogen (secondary N) is 2. The molecule has 8 nitrogen and oxygen atoms in total. The van der Waals surface area contributed by atoms with Gasteiger partial charge in [0.05, 0.1) is 30.5 Å². The number of hydrogen-bond acceptors (Lipinski definition) is 6. The highest BCUT2D eigenvalue weighted by Crippen LogP contribution is 2.33. The number of rotatable bonds is 5. The van der Waals surface area contributed by atoms with Gasteiger partial charge in [0.1, 0.15) is 0 Å². The van der Waals surface area contributed by atoms with Crippen molar-refractivity contribution in [1.82, 2.24) is 10.3 Å². The first kappa shape index (κ1) is 20.0. The second-order valence-corrected chi connectivity index (χ2v) is 8.06. The van der Waals surface area contributed by atoms with E-state index in [1.165, 1.54) is 11.3 Å². The van der Waals surface area contributed by atoms with Crippen molar-refractivity contribution >= 4 is 44.3 Å². The zero-order valence-electron chi connectivity index (χ0n) is 16.9. The van der Waals surface area contributed by atoms with Gasteiger partial charge in [0.2, 0.25) is 5.91 Å². The summed E-state index contributed by atoms with van der Waals surface area (Å²) in [5.74, 6) is 1.07. The number of thiazole rings is 1. The van der Waals surface area contributed by atoms with Gasteiger partial charge in [-0.25, -0.2) is 9.78 Å². The Kier molecular flexibility index (Phi) is 5.45. The fourth-order valence-corrected chi connectivity index (χ4v) is 4.41. The molecule has 30 heavy (non-hydrogen) atoms. The number of ether oxygens (including phenoxy) is 2. The van der Waals surface area contributed by atoms with Crippen LogP contribution in [-0.4, -0.2) is 43.7 Å². The molecule has 156 valence electrons. The Morgan fingerprint density at radius 3 is 2.73 bits per heavy atom. The largest absolute Gasteiger partial charge is 0.493 e. The lowest BCUT2D eigenvalue weighted by atomic mass is 10.2. The highest BCUT2D eigenvalue weighted by molar-refractivity contribution is 7.22. The molecule has 3 aromatic rings. The molecule has 0 spiro atoms. The van der Waals surface area contributed by atoms with Gasteiger partial charge in [-0.15, -0.1) is 0 Å². The third-order valence-electron chi connectivity index (χ3n) is 4.90. The average molecular weight is 426 g/mol. The van der Waals surface area contributed by atoms with Crippen molar-refractivity contribution in [1.29, 1.82) is 0 Å². The Balaban J connectivity index is 1.40. The van der Waals surface area contributed by atoms with Crippen LogP contribution in [0.3, 0.4) is 0 Å². The van der Waals surface area contributed by atoms with Crippen molar-refractivity contribution in [2.75, 3.05) is 31.0 Å². The number of carbonyl (C=O) groups is 2. The van der Waals surface area contributed by atoms with Crippen molar-refractivity contribution in [2.24, 2.45) is 0 Å². The van der Waals surface area contributed by atoms with Crippen LogP contribution in [0.5, 0.6) is 11.5 Å². The molecule has 4 rings (SSSR count). The van der Waals surface area contributed by atoms with Gasteiger partial charge in [0.25, 0.3) is 0 Å². The molecule has 9 heteroatoms. The maximum Gasteiger partial charge on any atom is 0.321 e. The van der Waals surface area contributed by atoms with Crippen LogP contribution < -0.4 is 25.0 Å². The molecule has 0 radical (unpaired) electrons. The third kappa shape index (κ3) is 4.02. The molecule has 2 N–H and O–H groups in total. The lowest BCUT2D eigenvalue weighted by Crippen LogP contribution is -2.39. The van der Waals surface area contributed by atoms with Gasteiger partial charge in [-0.2, -0.15) is 0 Å². The van der Waals surface area contributed by atoms with E-state index in [0.29, 0.717) is 28.9 Å². The van der Waals surface area contributed by atoms with Gasteiger partial charge in [-0.1, -0.05) is 17.4 Å². The molecule has 0 aliphatic carbocycles. The number of hydrogen-bond donors (Lipinski definition) is 2. The zero-order chi connectivity index (χ0) is 21.3. The molecule has 1 atom stereocenters. The summed E-state index contributed by atoms with van der Waals surface area (Å²) in [5, 5.41) is 6.16. The fraction of sp³-hybridized carbons (Fsp3) is 0.286. The standard InChI is InChI=1S/C21H22N4O4S/c1-12-4-6-15-18(8-12)30-21(23-15)24-20(27)22-13-9-19(26)25(11-13)14-5-7-16(28-2)17(10-14)29-3/h4-8,10,13H,9,11H2,1-3H3,(H2,22,23,24,27)/t13-/m0/s1. The van der Waals surface area contributed by atoms with Gasteiger partial charge < -0.3 is 19.7 Å². The van der Waals surface area contributed by atoms with Gasteiger partial charge >= 0.3 is 6.03 Å². The molecular formula is C21H22N4O4S. The highest BCUT2D eigenvalue weighted by atomic mass is 32.1. The summed E-state index contributed by atoms with van der Waals surface area (Å²) in [6.07, 6.45) is 0.223. The number of carbonyl (C=O) groups excluding carboxylic acids is 2. The Hall–Kier alpha value is -3.33. The first-order valence-corrected chi connectivity index (χ1v) is 10.3. The van der Waals surface area contributed by atoms with Crippen molar-refractivity contribution in [3.8, 4) is 11.5 Å². The molecule has 3 amide bonds. The minimum Gasteiger partial charge on any atom is -0.493 e. The summed E-state index contributed by atoms with van der Waals surface area (Å²) in [6.45, 7) is 2.39. The van der Waals surface area contributed by atoms with E-state index in [1.54, 1.807) is 37.3 Å². The van der Waals surface area contributed by atoms with Crippen molar-refractivity contribution in [2.45, 2.75) is 19.4 Å². The Bertz CT molecular complexity index is 1110. The monoisotopic (exact) mass is 426 g/mol. The molecule has 0 bridgehead atoms. The predicted molar refractivity (Wildman–Crippen MR) is 117 cm³/mol. The summed E-state index contributed by atoms with van der Waals surface area (Å²) in [4.78, 5) is 31.0. The number of nitrogens with zero attached hydrogens (tertiary/aromatic N) is 2. The maximum absolute atomic E-state index is 12.5.